The van der Waals surface area contributed by atoms with Crippen molar-refractivity contribution in [1.29, 1.82) is 0 Å². The average Bonchev–Trinajstić information content (AvgIpc) is 3.18. The predicted molar refractivity (Wildman–Crippen MR) is 115 cm³/mol. The molecule has 30 heavy (non-hydrogen) atoms. The number of anilines is 1. The van der Waals surface area contributed by atoms with Crippen LogP contribution in [0.15, 0.2) is 36.4 Å². The molecule has 2 N–H and O–H groups in total. The number of aryl methyl sites for hydroxylation is 2. The minimum atomic E-state index is -0.332. The minimum absolute atomic E-state index is 0.184. The molecule has 0 unspecified atom stereocenters. The molecule has 0 atom stereocenters. The monoisotopic (exact) mass is 405 g/mol. The average molecular weight is 405 g/mol. The van der Waals surface area contributed by atoms with Gasteiger partial charge in [0.15, 0.2) is 0 Å². The molecule has 3 aromatic heterocycles. The van der Waals surface area contributed by atoms with Gasteiger partial charge in [0.2, 0.25) is 0 Å². The number of fused-ring (bicyclic) bond motifs is 2. The van der Waals surface area contributed by atoms with E-state index in [-0.39, 0.29) is 11.9 Å². The summed E-state index contributed by atoms with van der Waals surface area (Å²) in [4.78, 5) is 9.25. The van der Waals surface area contributed by atoms with Crippen LogP contribution >= 0.6 is 0 Å². The highest BCUT2D eigenvalue weighted by Gasteiger charge is 2.21. The number of aromatic nitrogens is 4. The molecule has 0 aliphatic heterocycles. The van der Waals surface area contributed by atoms with E-state index >= 15 is 0 Å². The van der Waals surface area contributed by atoms with Crippen LogP contribution in [0.4, 0.5) is 10.2 Å². The second kappa shape index (κ2) is 7.32. The lowest BCUT2D eigenvalue weighted by Crippen LogP contribution is -2.29. The Morgan fingerprint density at radius 2 is 1.80 bits per heavy atom. The molecular weight excluding hydrogens is 381 g/mol. The van der Waals surface area contributed by atoms with Gasteiger partial charge in [0.1, 0.15) is 23.0 Å². The number of hydrogen-bond acceptors (Lipinski definition) is 5. The summed E-state index contributed by atoms with van der Waals surface area (Å²) in [6, 6.07) is 10.9. The number of rotatable bonds is 3. The Hall–Kier alpha value is -3.06. The number of pyridine rings is 1. The van der Waals surface area contributed by atoms with Crippen LogP contribution in [0.1, 0.15) is 36.9 Å². The van der Waals surface area contributed by atoms with Crippen LogP contribution in [0.5, 0.6) is 0 Å². The van der Waals surface area contributed by atoms with E-state index < -0.39 is 0 Å². The highest BCUT2D eigenvalue weighted by atomic mass is 19.1. The molecule has 1 aliphatic carbocycles. The van der Waals surface area contributed by atoms with Crippen LogP contribution in [0.2, 0.25) is 0 Å². The van der Waals surface area contributed by atoms with Crippen LogP contribution in [0, 0.1) is 19.7 Å². The molecule has 0 radical (unpaired) electrons. The van der Waals surface area contributed by atoms with E-state index in [1.165, 1.54) is 12.1 Å². The molecule has 1 aromatic carbocycles. The fourth-order valence-electron chi connectivity index (χ4n) is 4.22. The van der Waals surface area contributed by atoms with Crippen LogP contribution in [0.3, 0.4) is 0 Å². The highest BCUT2D eigenvalue weighted by Crippen LogP contribution is 2.28. The summed E-state index contributed by atoms with van der Waals surface area (Å²) in [7, 11) is 0. The van der Waals surface area contributed by atoms with Crippen molar-refractivity contribution in [3.63, 3.8) is 0 Å². The molecule has 1 aliphatic rings. The molecule has 1 fully saturated rings. The summed E-state index contributed by atoms with van der Waals surface area (Å²) in [5.41, 5.74) is 5.40. The Labute approximate surface area is 173 Å². The van der Waals surface area contributed by atoms with E-state index in [0.717, 1.165) is 48.3 Å². The molecule has 3 heterocycles. The number of nitrogens with one attached hydrogen (secondary N) is 1. The van der Waals surface area contributed by atoms with Gasteiger partial charge in [-0.15, -0.1) is 0 Å². The topological polar surface area (TPSA) is 75.3 Å². The van der Waals surface area contributed by atoms with E-state index in [1.54, 1.807) is 6.07 Å². The number of halogens is 1. The maximum Gasteiger partial charge on any atom is 0.128 e. The van der Waals surface area contributed by atoms with Gasteiger partial charge in [0, 0.05) is 12.1 Å². The van der Waals surface area contributed by atoms with E-state index in [0.29, 0.717) is 28.5 Å². The van der Waals surface area contributed by atoms with Crippen molar-refractivity contribution in [3.05, 3.63) is 53.5 Å². The molecule has 5 rings (SSSR count). The summed E-state index contributed by atoms with van der Waals surface area (Å²) in [6.07, 6.45) is 3.33. The lowest BCUT2D eigenvalue weighted by atomic mass is 9.93. The molecule has 4 aromatic rings. The van der Waals surface area contributed by atoms with Crippen molar-refractivity contribution < 1.29 is 9.50 Å². The number of hydrogen-bond donors (Lipinski definition) is 2. The summed E-state index contributed by atoms with van der Waals surface area (Å²) in [5.74, 6) is 0.585. The Morgan fingerprint density at radius 3 is 2.60 bits per heavy atom. The van der Waals surface area contributed by atoms with Gasteiger partial charge in [-0.05, 0) is 69.4 Å². The zero-order valence-corrected chi connectivity index (χ0v) is 17.1. The zero-order valence-electron chi connectivity index (χ0n) is 17.1. The van der Waals surface area contributed by atoms with Gasteiger partial charge in [0.05, 0.1) is 28.3 Å². The van der Waals surface area contributed by atoms with Gasteiger partial charge in [-0.1, -0.05) is 6.07 Å². The highest BCUT2D eigenvalue weighted by molar-refractivity contribution is 5.79. The number of aliphatic hydroxyl groups excluding tert-OH is 1. The fourth-order valence-corrected chi connectivity index (χ4v) is 4.22. The maximum absolute atomic E-state index is 13.7. The van der Waals surface area contributed by atoms with Crippen molar-refractivity contribution in [2.24, 2.45) is 0 Å². The second-order valence-corrected chi connectivity index (χ2v) is 8.17. The maximum atomic E-state index is 13.7. The molecule has 0 spiro atoms. The normalized spacial score (nSPS) is 19.5. The number of nitrogens with zero attached hydrogens (tertiary/aromatic N) is 4. The molecule has 6 nitrogen and oxygen atoms in total. The Kier molecular flexibility index (Phi) is 4.62. The predicted octanol–water partition coefficient (Wildman–Crippen LogP) is 4.42. The molecular formula is C23H24FN5O. The van der Waals surface area contributed by atoms with Gasteiger partial charge in [-0.25, -0.2) is 18.9 Å². The van der Waals surface area contributed by atoms with Crippen LogP contribution in [0.25, 0.3) is 27.9 Å². The summed E-state index contributed by atoms with van der Waals surface area (Å²) >= 11 is 0. The van der Waals surface area contributed by atoms with E-state index in [2.05, 4.69) is 28.3 Å². The third-order valence-corrected chi connectivity index (χ3v) is 5.92. The summed E-state index contributed by atoms with van der Waals surface area (Å²) < 4.78 is 15.6. The third-order valence-electron chi connectivity index (χ3n) is 5.92. The molecule has 0 bridgehead atoms. The van der Waals surface area contributed by atoms with Crippen LogP contribution < -0.4 is 5.32 Å². The van der Waals surface area contributed by atoms with Crippen molar-refractivity contribution in [3.8, 4) is 11.4 Å². The van der Waals surface area contributed by atoms with Crippen LogP contribution in [-0.4, -0.2) is 36.8 Å². The Balaban J connectivity index is 1.57. The number of benzene rings is 1. The van der Waals surface area contributed by atoms with E-state index in [1.807, 2.05) is 23.6 Å². The largest absolute Gasteiger partial charge is 0.393 e. The molecule has 1 saturated carbocycles. The lowest BCUT2D eigenvalue weighted by Gasteiger charge is -2.27. The van der Waals surface area contributed by atoms with Gasteiger partial charge in [0.25, 0.3) is 0 Å². The van der Waals surface area contributed by atoms with Gasteiger partial charge < -0.3 is 10.4 Å². The van der Waals surface area contributed by atoms with Crippen molar-refractivity contribution >= 4 is 22.4 Å². The van der Waals surface area contributed by atoms with Crippen molar-refractivity contribution in [1.82, 2.24) is 19.6 Å². The summed E-state index contributed by atoms with van der Waals surface area (Å²) in [5, 5.41) is 18.2. The smallest absolute Gasteiger partial charge is 0.128 e. The Bertz CT molecular complexity index is 1240. The Morgan fingerprint density at radius 1 is 1.00 bits per heavy atom. The second-order valence-electron chi connectivity index (χ2n) is 8.17. The van der Waals surface area contributed by atoms with Crippen LogP contribution in [-0.2, 0) is 0 Å². The summed E-state index contributed by atoms with van der Waals surface area (Å²) in [6.45, 7) is 3.95. The molecule has 0 amide bonds. The first-order valence-corrected chi connectivity index (χ1v) is 10.4. The molecule has 0 saturated heterocycles. The standard InChI is InChI=1S/C23H24FN5O/c1-13-3-10-22(26-16-5-7-17(30)8-6-16)29-21(13)12-20(28-29)23-14(2)25-18-9-4-15(24)11-19(18)27-23/h3-4,9-12,16-17,26,30H,5-8H2,1-2H3. The van der Waals surface area contributed by atoms with Crippen molar-refractivity contribution in [2.45, 2.75) is 51.7 Å². The lowest BCUT2D eigenvalue weighted by molar-refractivity contribution is 0.126. The first-order chi connectivity index (χ1) is 14.5. The first-order valence-electron chi connectivity index (χ1n) is 10.4. The third kappa shape index (κ3) is 3.39. The quantitative estimate of drug-likeness (QED) is 0.528. The van der Waals surface area contributed by atoms with Gasteiger partial charge in [-0.3, -0.25) is 0 Å². The first kappa shape index (κ1) is 18.9. The van der Waals surface area contributed by atoms with E-state index in [9.17, 15) is 9.50 Å². The van der Waals surface area contributed by atoms with Gasteiger partial charge >= 0.3 is 0 Å². The van der Waals surface area contributed by atoms with Gasteiger partial charge in [-0.2, -0.15) is 5.10 Å². The number of aliphatic hydroxyl groups is 1. The van der Waals surface area contributed by atoms with E-state index in [4.69, 9.17) is 5.10 Å². The minimum Gasteiger partial charge on any atom is -0.393 e. The molecule has 154 valence electrons. The zero-order chi connectivity index (χ0) is 20.8. The molecule has 7 heteroatoms. The SMILES string of the molecule is Cc1nc2ccc(F)cc2nc1-c1cc2c(C)ccc(NC3CCC(O)CC3)n2n1. The fraction of sp³-hybridized carbons (Fsp3) is 0.348. The van der Waals surface area contributed by atoms with Crippen molar-refractivity contribution in [2.75, 3.05) is 5.32 Å².